The topological polar surface area (TPSA) is 78.5 Å². The first-order chi connectivity index (χ1) is 11.9. The van der Waals surface area contributed by atoms with Gasteiger partial charge in [-0.3, -0.25) is 9.52 Å². The fourth-order valence-electron chi connectivity index (χ4n) is 3.10. The van der Waals surface area contributed by atoms with Gasteiger partial charge in [0.25, 0.3) is 0 Å². The zero-order valence-corrected chi connectivity index (χ0v) is 15.7. The van der Waals surface area contributed by atoms with Gasteiger partial charge in [0.15, 0.2) is 5.78 Å². The van der Waals surface area contributed by atoms with Gasteiger partial charge in [-0.05, 0) is 44.4 Å². The number of piperidine rings is 1. The van der Waals surface area contributed by atoms with E-state index in [-0.39, 0.29) is 5.78 Å². The second-order valence-corrected chi connectivity index (χ2v) is 8.49. The average molecular weight is 384 g/mol. The molecule has 0 atom stereocenters. The normalized spacial score (nSPS) is 19.4. The highest BCUT2D eigenvalue weighted by molar-refractivity contribution is 7.90. The Bertz CT molecular complexity index is 814. The Morgan fingerprint density at radius 3 is 2.48 bits per heavy atom. The first-order valence-electron chi connectivity index (χ1n) is 8.44. The molecule has 6 nitrogen and oxygen atoms in total. The second-order valence-electron chi connectivity index (χ2n) is 6.41. The Morgan fingerprint density at radius 1 is 1.12 bits per heavy atom. The van der Waals surface area contributed by atoms with Crippen molar-refractivity contribution in [2.75, 3.05) is 23.1 Å². The summed E-state index contributed by atoms with van der Waals surface area (Å²) in [5.41, 5.74) is 2.57. The van der Waals surface area contributed by atoms with Gasteiger partial charge in [0.2, 0.25) is 0 Å². The van der Waals surface area contributed by atoms with Crippen LogP contribution in [0.1, 0.15) is 39.0 Å². The molecule has 2 aliphatic rings. The van der Waals surface area contributed by atoms with E-state index >= 15 is 0 Å². The van der Waals surface area contributed by atoms with Crippen molar-refractivity contribution in [1.29, 1.82) is 0 Å². The van der Waals surface area contributed by atoms with Crippen LogP contribution in [-0.4, -0.2) is 31.6 Å². The quantitative estimate of drug-likeness (QED) is 0.815. The van der Waals surface area contributed by atoms with E-state index in [0.29, 0.717) is 47.9 Å². The number of benzene rings is 1. The molecule has 0 bridgehead atoms. The summed E-state index contributed by atoms with van der Waals surface area (Å²) in [6.45, 7) is 2.87. The highest BCUT2D eigenvalue weighted by Gasteiger charge is 2.24. The van der Waals surface area contributed by atoms with Crippen molar-refractivity contribution in [3.8, 4) is 0 Å². The largest absolute Gasteiger partial charge is 0.357 e. The van der Waals surface area contributed by atoms with E-state index in [4.69, 9.17) is 11.6 Å². The van der Waals surface area contributed by atoms with Crippen molar-refractivity contribution in [2.24, 2.45) is 0 Å². The summed E-state index contributed by atoms with van der Waals surface area (Å²) in [7, 11) is -3.57. The lowest BCUT2D eigenvalue weighted by Gasteiger charge is -2.26. The summed E-state index contributed by atoms with van der Waals surface area (Å²) in [6, 6.07) is 4.94. The number of ketones is 1. The Kier molecular flexibility index (Phi) is 5.36. The van der Waals surface area contributed by atoms with Gasteiger partial charge >= 0.3 is 10.2 Å². The monoisotopic (exact) mass is 383 g/mol. The second kappa shape index (κ2) is 7.35. The summed E-state index contributed by atoms with van der Waals surface area (Å²) in [5.74, 6) is 0.126. The minimum atomic E-state index is -3.57. The highest BCUT2D eigenvalue weighted by Crippen LogP contribution is 2.31. The molecular formula is C17H22ClN3O3S. The molecule has 1 aliphatic heterocycles. The smallest absolute Gasteiger partial charge is 0.301 e. The van der Waals surface area contributed by atoms with Crippen molar-refractivity contribution in [3.63, 3.8) is 0 Å². The molecule has 2 N–H and O–H groups in total. The fraction of sp³-hybridized carbons (Fsp3) is 0.471. The highest BCUT2D eigenvalue weighted by atomic mass is 35.5. The molecule has 1 aromatic rings. The van der Waals surface area contributed by atoms with Crippen molar-refractivity contribution in [1.82, 2.24) is 4.31 Å². The molecule has 1 fully saturated rings. The van der Waals surface area contributed by atoms with Gasteiger partial charge in [0.1, 0.15) is 0 Å². The van der Waals surface area contributed by atoms with Crippen molar-refractivity contribution < 1.29 is 13.2 Å². The van der Waals surface area contributed by atoms with Crippen molar-refractivity contribution >= 4 is 39.0 Å². The van der Waals surface area contributed by atoms with Crippen LogP contribution in [0.3, 0.4) is 0 Å². The number of hydrogen-bond acceptors (Lipinski definition) is 4. The minimum Gasteiger partial charge on any atom is -0.357 e. The number of carbonyl (C=O) groups excluding carboxylic acids is 1. The lowest BCUT2D eigenvalue weighted by atomic mass is 10.2. The minimum absolute atomic E-state index is 0.126. The van der Waals surface area contributed by atoms with Gasteiger partial charge in [-0.2, -0.15) is 12.7 Å². The first-order valence-corrected chi connectivity index (χ1v) is 10.3. The molecule has 136 valence electrons. The molecule has 1 aromatic carbocycles. The van der Waals surface area contributed by atoms with Gasteiger partial charge in [0, 0.05) is 30.8 Å². The van der Waals surface area contributed by atoms with E-state index in [0.717, 1.165) is 25.0 Å². The maximum absolute atomic E-state index is 12.5. The first kappa shape index (κ1) is 18.2. The van der Waals surface area contributed by atoms with Crippen molar-refractivity contribution in [2.45, 2.75) is 39.0 Å². The fourth-order valence-corrected chi connectivity index (χ4v) is 4.56. The molecule has 1 heterocycles. The number of nitrogens with zero attached hydrogens (tertiary/aromatic N) is 1. The zero-order chi connectivity index (χ0) is 18.0. The van der Waals surface area contributed by atoms with E-state index in [2.05, 4.69) is 10.0 Å². The molecule has 0 unspecified atom stereocenters. The Hall–Kier alpha value is -1.57. The number of rotatable bonds is 5. The van der Waals surface area contributed by atoms with Crippen LogP contribution in [0.4, 0.5) is 11.4 Å². The number of carbonyl (C=O) groups is 1. The summed E-state index contributed by atoms with van der Waals surface area (Å²) >= 11 is 6.22. The van der Waals surface area contributed by atoms with E-state index in [1.165, 1.54) is 4.31 Å². The molecule has 0 aromatic heterocycles. The third-order valence-electron chi connectivity index (χ3n) is 4.63. The Labute approximate surface area is 153 Å². The van der Waals surface area contributed by atoms with Gasteiger partial charge < -0.3 is 5.32 Å². The molecule has 1 aliphatic carbocycles. The maximum atomic E-state index is 12.5. The summed E-state index contributed by atoms with van der Waals surface area (Å²) in [4.78, 5) is 11.7. The number of hydrogen-bond donors (Lipinski definition) is 2. The van der Waals surface area contributed by atoms with Crippen LogP contribution in [0.15, 0.2) is 29.5 Å². The van der Waals surface area contributed by atoms with E-state index < -0.39 is 10.2 Å². The van der Waals surface area contributed by atoms with Crippen LogP contribution < -0.4 is 10.0 Å². The molecule has 3 rings (SSSR count). The van der Waals surface area contributed by atoms with Gasteiger partial charge in [-0.1, -0.05) is 18.0 Å². The van der Waals surface area contributed by atoms with Crippen LogP contribution in [-0.2, 0) is 15.0 Å². The van der Waals surface area contributed by atoms with Gasteiger partial charge in [0.05, 0.1) is 16.4 Å². The van der Waals surface area contributed by atoms with Gasteiger partial charge in [-0.25, -0.2) is 0 Å². The SMILES string of the molecule is CC1=C(Nc2cc(NS(=O)(=O)N3CCCCC3)ccc2Cl)CCC1=O. The molecule has 25 heavy (non-hydrogen) atoms. The number of nitrogens with one attached hydrogen (secondary N) is 2. The molecule has 0 saturated carbocycles. The van der Waals surface area contributed by atoms with Crippen LogP contribution in [0.25, 0.3) is 0 Å². The molecular weight excluding hydrogens is 362 g/mol. The van der Waals surface area contributed by atoms with E-state index in [1.54, 1.807) is 25.1 Å². The van der Waals surface area contributed by atoms with Crippen LogP contribution in [0.5, 0.6) is 0 Å². The van der Waals surface area contributed by atoms with E-state index in [9.17, 15) is 13.2 Å². The standard InChI is InChI=1S/C17H22ClN3O3S/c1-12-15(7-8-17(12)22)19-16-11-13(5-6-14(16)18)20-25(23,24)21-9-3-2-4-10-21/h5-6,11,19-20H,2-4,7-10H2,1H3. The molecule has 0 radical (unpaired) electrons. The average Bonchev–Trinajstić information content (AvgIpc) is 2.90. The van der Waals surface area contributed by atoms with E-state index in [1.807, 2.05) is 0 Å². The lowest BCUT2D eigenvalue weighted by molar-refractivity contribution is -0.114. The number of halogens is 1. The Balaban J connectivity index is 1.78. The molecule has 0 spiro atoms. The predicted molar refractivity (Wildman–Crippen MR) is 100.0 cm³/mol. The number of allylic oxidation sites excluding steroid dienone is 2. The zero-order valence-electron chi connectivity index (χ0n) is 14.1. The molecule has 8 heteroatoms. The third kappa shape index (κ3) is 4.16. The number of anilines is 2. The molecule has 1 saturated heterocycles. The number of Topliss-reactive ketones (excluding diaryl/α,β-unsaturated/α-hetero) is 1. The van der Waals surface area contributed by atoms with Crippen molar-refractivity contribution in [3.05, 3.63) is 34.5 Å². The maximum Gasteiger partial charge on any atom is 0.301 e. The predicted octanol–water partition coefficient (Wildman–Crippen LogP) is 3.53. The molecule has 0 amide bonds. The summed E-state index contributed by atoms with van der Waals surface area (Å²) < 4.78 is 29.1. The third-order valence-corrected chi connectivity index (χ3v) is 6.49. The van der Waals surface area contributed by atoms with Crippen LogP contribution in [0, 0.1) is 0 Å². The van der Waals surface area contributed by atoms with Gasteiger partial charge in [-0.15, -0.1) is 0 Å². The lowest BCUT2D eigenvalue weighted by Crippen LogP contribution is -2.39. The van der Waals surface area contributed by atoms with Crippen LogP contribution in [0.2, 0.25) is 5.02 Å². The van der Waals surface area contributed by atoms with Crippen LogP contribution >= 0.6 is 11.6 Å². The summed E-state index contributed by atoms with van der Waals surface area (Å²) in [6.07, 6.45) is 3.97. The summed E-state index contributed by atoms with van der Waals surface area (Å²) in [5, 5.41) is 3.65. The Morgan fingerprint density at radius 2 is 1.84 bits per heavy atom.